The maximum absolute atomic E-state index is 11.8. The fourth-order valence-corrected chi connectivity index (χ4v) is 1.69. The predicted molar refractivity (Wildman–Crippen MR) is 74.4 cm³/mol. The van der Waals surface area contributed by atoms with E-state index in [4.69, 9.17) is 0 Å². The molecule has 2 rings (SSSR count). The topological polar surface area (TPSA) is 96.6 Å². The Bertz CT molecular complexity index is 626. The van der Waals surface area contributed by atoms with Crippen LogP contribution in [0, 0.1) is 0 Å². The number of nitrogens with one attached hydrogen (secondary N) is 2. The lowest BCUT2D eigenvalue weighted by atomic mass is 10.1. The summed E-state index contributed by atoms with van der Waals surface area (Å²) in [7, 11) is 2.39. The molecule has 0 aliphatic heterocycles. The second-order valence-corrected chi connectivity index (χ2v) is 3.88. The molecule has 0 saturated heterocycles. The number of nitrogens with zero attached hydrogens (tertiary/aromatic N) is 2. The van der Waals surface area contributed by atoms with Crippen molar-refractivity contribution in [2.75, 3.05) is 19.2 Å². The van der Waals surface area contributed by atoms with E-state index in [2.05, 4.69) is 24.9 Å². The summed E-state index contributed by atoms with van der Waals surface area (Å²) >= 11 is 0. The highest BCUT2D eigenvalue weighted by Gasteiger charge is 2.25. The van der Waals surface area contributed by atoms with Gasteiger partial charge in [-0.3, -0.25) is 0 Å². The number of imidazole rings is 1. The zero-order chi connectivity index (χ0) is 15.2. The van der Waals surface area contributed by atoms with E-state index in [1.807, 2.05) is 30.3 Å². The van der Waals surface area contributed by atoms with E-state index >= 15 is 0 Å². The Morgan fingerprint density at radius 1 is 1.19 bits per heavy atom. The van der Waals surface area contributed by atoms with E-state index in [1.54, 1.807) is 0 Å². The molecule has 2 N–H and O–H groups in total. The van der Waals surface area contributed by atoms with E-state index in [9.17, 15) is 9.59 Å². The summed E-state index contributed by atoms with van der Waals surface area (Å²) in [6.07, 6.45) is -0.209. The average Bonchev–Trinajstić information content (AvgIpc) is 3.01. The highest BCUT2D eigenvalue weighted by atomic mass is 16.6. The maximum atomic E-state index is 11.8. The molecule has 1 heterocycles. The van der Waals surface area contributed by atoms with Crippen LogP contribution in [0.2, 0.25) is 0 Å². The van der Waals surface area contributed by atoms with Crippen molar-refractivity contribution < 1.29 is 19.1 Å². The summed E-state index contributed by atoms with van der Waals surface area (Å²) in [5.74, 6) is 0.193. The van der Waals surface area contributed by atoms with Gasteiger partial charge in [0.1, 0.15) is 0 Å². The first-order valence-electron chi connectivity index (χ1n) is 5.98. The van der Waals surface area contributed by atoms with E-state index < -0.39 is 12.2 Å². The number of H-pyrrole nitrogens is 1. The minimum absolute atomic E-state index is 0.193. The summed E-state index contributed by atoms with van der Waals surface area (Å²) in [5.41, 5.74) is 3.60. The van der Waals surface area contributed by atoms with Gasteiger partial charge in [0, 0.05) is 5.56 Å². The Morgan fingerprint density at radius 3 is 2.52 bits per heavy atom. The Morgan fingerprint density at radius 2 is 1.90 bits per heavy atom. The Balaban J connectivity index is 2.40. The van der Waals surface area contributed by atoms with Crippen molar-refractivity contribution >= 4 is 18.0 Å². The lowest BCUT2D eigenvalue weighted by Crippen LogP contribution is -2.47. The van der Waals surface area contributed by atoms with E-state index in [0.717, 1.165) is 10.6 Å². The van der Waals surface area contributed by atoms with Crippen LogP contribution in [-0.2, 0) is 9.47 Å². The van der Waals surface area contributed by atoms with Crippen LogP contribution in [0.3, 0.4) is 0 Å². The number of rotatable bonds is 2. The molecule has 0 fully saturated rings. The molecule has 0 atom stereocenters. The molecule has 8 nitrogen and oxygen atoms in total. The van der Waals surface area contributed by atoms with Crippen molar-refractivity contribution in [3.05, 3.63) is 36.7 Å². The average molecular weight is 290 g/mol. The molecule has 1 aromatic heterocycles. The van der Waals surface area contributed by atoms with E-state index in [-0.39, 0.29) is 5.82 Å². The monoisotopic (exact) mass is 290 g/mol. The van der Waals surface area contributed by atoms with Gasteiger partial charge in [-0.2, -0.15) is 5.01 Å². The van der Waals surface area contributed by atoms with Gasteiger partial charge >= 0.3 is 12.2 Å². The van der Waals surface area contributed by atoms with Gasteiger partial charge in [0.25, 0.3) is 0 Å². The molecule has 2 aromatic rings. The van der Waals surface area contributed by atoms with Crippen LogP contribution >= 0.6 is 0 Å². The summed E-state index contributed by atoms with van der Waals surface area (Å²) in [6.45, 7) is 0. The lowest BCUT2D eigenvalue weighted by molar-refractivity contribution is 0.157. The quantitative estimate of drug-likeness (QED) is 0.824. The number of amides is 2. The van der Waals surface area contributed by atoms with Crippen molar-refractivity contribution in [1.82, 2.24) is 15.4 Å². The van der Waals surface area contributed by atoms with Gasteiger partial charge < -0.3 is 14.5 Å². The molecule has 0 aliphatic rings. The fraction of sp³-hybridized carbons (Fsp3) is 0.154. The summed E-state index contributed by atoms with van der Waals surface area (Å²) in [6, 6.07) is 9.23. The van der Waals surface area contributed by atoms with Crippen molar-refractivity contribution in [3.63, 3.8) is 0 Å². The largest absolute Gasteiger partial charge is 0.452 e. The first-order chi connectivity index (χ1) is 10.2. The third-order valence-electron chi connectivity index (χ3n) is 2.64. The molecule has 21 heavy (non-hydrogen) atoms. The van der Waals surface area contributed by atoms with E-state index in [1.165, 1.54) is 20.5 Å². The number of carbonyl (C=O) groups is 2. The number of ether oxygens (including phenoxy) is 2. The van der Waals surface area contributed by atoms with Gasteiger partial charge in [-0.05, 0) is 0 Å². The zero-order valence-electron chi connectivity index (χ0n) is 11.5. The van der Waals surface area contributed by atoms with Crippen LogP contribution in [0.5, 0.6) is 0 Å². The number of hydrazine groups is 1. The van der Waals surface area contributed by atoms with Crippen LogP contribution < -0.4 is 10.4 Å². The van der Waals surface area contributed by atoms with Crippen molar-refractivity contribution in [2.24, 2.45) is 0 Å². The molecule has 0 saturated carbocycles. The van der Waals surface area contributed by atoms with Crippen molar-refractivity contribution in [3.8, 4) is 11.3 Å². The molecule has 110 valence electrons. The molecule has 0 unspecified atom stereocenters. The molecule has 0 spiro atoms. The maximum Gasteiger partial charge on any atom is 0.434 e. The second kappa shape index (κ2) is 6.42. The van der Waals surface area contributed by atoms with Gasteiger partial charge in [-0.15, -0.1) is 0 Å². The molecule has 1 aromatic carbocycles. The molecule has 8 heteroatoms. The van der Waals surface area contributed by atoms with Crippen molar-refractivity contribution in [1.29, 1.82) is 0 Å². The van der Waals surface area contributed by atoms with Crippen LogP contribution in [0.1, 0.15) is 0 Å². The van der Waals surface area contributed by atoms with Crippen LogP contribution in [0.4, 0.5) is 15.4 Å². The van der Waals surface area contributed by atoms with Crippen molar-refractivity contribution in [2.45, 2.75) is 0 Å². The third-order valence-corrected chi connectivity index (χ3v) is 2.64. The summed E-state index contributed by atoms with van der Waals surface area (Å²) < 4.78 is 9.12. The fourth-order valence-electron chi connectivity index (χ4n) is 1.69. The van der Waals surface area contributed by atoms with Gasteiger partial charge in [0.2, 0.25) is 0 Å². The van der Waals surface area contributed by atoms with Gasteiger partial charge in [0.15, 0.2) is 5.82 Å². The van der Waals surface area contributed by atoms with Gasteiger partial charge in [0.05, 0.1) is 26.2 Å². The Kier molecular flexibility index (Phi) is 4.39. The molecule has 0 bridgehead atoms. The number of carbonyl (C=O) groups excluding carboxylic acids is 2. The number of methoxy groups -OCH3 is 2. The number of hydrogen-bond acceptors (Lipinski definition) is 5. The molecule has 0 aliphatic carbocycles. The number of aromatic amines is 1. The highest BCUT2D eigenvalue weighted by Crippen LogP contribution is 2.26. The predicted octanol–water partition coefficient (Wildman–Crippen LogP) is 1.92. The zero-order valence-corrected chi connectivity index (χ0v) is 11.5. The Labute approximate surface area is 120 Å². The SMILES string of the molecule is COC(=O)NN(C(=O)OC)c1nc[nH]c1-c1ccccc1. The Hall–Kier alpha value is -3.03. The third kappa shape index (κ3) is 3.11. The number of aromatic nitrogens is 2. The molecular formula is C13H14N4O4. The normalized spacial score (nSPS) is 9.81. The summed E-state index contributed by atoms with van der Waals surface area (Å²) in [5, 5.41) is 0.866. The standard InChI is InChI=1S/C13H14N4O4/c1-20-12(18)16-17(13(19)21-2)11-10(14-8-15-11)9-6-4-3-5-7-9/h3-8H,1-2H3,(H,14,15)(H,16,18). The minimum Gasteiger partial charge on any atom is -0.452 e. The lowest BCUT2D eigenvalue weighted by Gasteiger charge is -2.19. The number of benzene rings is 1. The second-order valence-electron chi connectivity index (χ2n) is 3.88. The minimum atomic E-state index is -0.817. The summed E-state index contributed by atoms with van der Waals surface area (Å²) in [4.78, 5) is 30.2. The first kappa shape index (κ1) is 14.4. The highest BCUT2D eigenvalue weighted by molar-refractivity contribution is 5.93. The van der Waals surface area contributed by atoms with Crippen LogP contribution in [0.25, 0.3) is 11.3 Å². The molecule has 2 amide bonds. The van der Waals surface area contributed by atoms with Gasteiger partial charge in [-0.1, -0.05) is 30.3 Å². The van der Waals surface area contributed by atoms with Gasteiger partial charge in [-0.25, -0.2) is 20.0 Å². The number of hydrogen-bond donors (Lipinski definition) is 2. The number of anilines is 1. The smallest absolute Gasteiger partial charge is 0.434 e. The molecular weight excluding hydrogens is 276 g/mol. The molecule has 0 radical (unpaired) electrons. The van der Waals surface area contributed by atoms with E-state index in [0.29, 0.717) is 5.69 Å². The first-order valence-corrected chi connectivity index (χ1v) is 5.98. The van der Waals surface area contributed by atoms with Crippen LogP contribution in [-0.4, -0.2) is 36.4 Å². The van der Waals surface area contributed by atoms with Crippen LogP contribution in [0.15, 0.2) is 36.7 Å².